The van der Waals surface area contributed by atoms with E-state index >= 15 is 0 Å². The molecule has 1 aliphatic rings. The largest absolute Gasteiger partial charge is 0.477 e. The van der Waals surface area contributed by atoms with E-state index in [1.807, 2.05) is 0 Å². The van der Waals surface area contributed by atoms with Gasteiger partial charge in [0.25, 0.3) is 5.91 Å². The Balaban J connectivity index is 2.15. The summed E-state index contributed by atoms with van der Waals surface area (Å²) in [5.74, 6) is -0.559. The van der Waals surface area contributed by atoms with Gasteiger partial charge in [0.15, 0.2) is 0 Å². The molecule has 1 amide bonds. The molecule has 1 fully saturated rings. The molecule has 5 heteroatoms. The number of H-pyrrole nitrogens is 1. The first-order chi connectivity index (χ1) is 9.40. The molecule has 0 radical (unpaired) electrons. The summed E-state index contributed by atoms with van der Waals surface area (Å²) in [6, 6.07) is 0.202. The fourth-order valence-corrected chi connectivity index (χ4v) is 3.13. The van der Waals surface area contributed by atoms with Crippen LogP contribution >= 0.6 is 0 Å². The van der Waals surface area contributed by atoms with Crippen LogP contribution in [0.4, 0.5) is 0 Å². The standard InChI is InChI=1S/C15H22N2O3/c1-8-5-4-6-11(7-8)17-14(18)12-9(2)13(15(19)20)16-10(12)3/h8,11,16H,4-7H2,1-3H3,(H,17,18)(H,19,20). The first-order valence-corrected chi connectivity index (χ1v) is 7.13. The number of aromatic nitrogens is 1. The molecule has 5 nitrogen and oxygen atoms in total. The van der Waals surface area contributed by atoms with Gasteiger partial charge in [-0.2, -0.15) is 0 Å². The highest BCUT2D eigenvalue weighted by Gasteiger charge is 2.25. The number of carboxylic acids is 1. The van der Waals surface area contributed by atoms with Crippen LogP contribution in [0.5, 0.6) is 0 Å². The van der Waals surface area contributed by atoms with Gasteiger partial charge in [-0.3, -0.25) is 4.79 Å². The maximum absolute atomic E-state index is 12.4. The first kappa shape index (κ1) is 14.6. The summed E-state index contributed by atoms with van der Waals surface area (Å²) in [5.41, 5.74) is 1.70. The van der Waals surface area contributed by atoms with Crippen LogP contribution in [-0.4, -0.2) is 28.0 Å². The van der Waals surface area contributed by atoms with Gasteiger partial charge in [-0.25, -0.2) is 4.79 Å². The Morgan fingerprint density at radius 3 is 2.55 bits per heavy atom. The third kappa shape index (κ3) is 2.86. The van der Waals surface area contributed by atoms with E-state index < -0.39 is 5.97 Å². The van der Waals surface area contributed by atoms with Crippen LogP contribution in [-0.2, 0) is 0 Å². The van der Waals surface area contributed by atoms with E-state index in [9.17, 15) is 9.59 Å². The van der Waals surface area contributed by atoms with Gasteiger partial charge in [-0.15, -0.1) is 0 Å². The minimum atomic E-state index is -1.03. The van der Waals surface area contributed by atoms with Gasteiger partial charge in [-0.1, -0.05) is 19.8 Å². The van der Waals surface area contributed by atoms with Crippen molar-refractivity contribution in [3.8, 4) is 0 Å². The zero-order valence-electron chi connectivity index (χ0n) is 12.2. The van der Waals surface area contributed by atoms with Crippen molar-refractivity contribution in [3.63, 3.8) is 0 Å². The number of carboxylic acid groups (broad SMARTS) is 1. The molecule has 1 aromatic heterocycles. The highest BCUT2D eigenvalue weighted by Crippen LogP contribution is 2.24. The van der Waals surface area contributed by atoms with Crippen molar-refractivity contribution in [2.45, 2.75) is 52.5 Å². The normalized spacial score (nSPS) is 22.6. The smallest absolute Gasteiger partial charge is 0.352 e. The number of aryl methyl sites for hydroxylation is 1. The summed E-state index contributed by atoms with van der Waals surface area (Å²) in [4.78, 5) is 26.2. The zero-order valence-corrected chi connectivity index (χ0v) is 12.2. The van der Waals surface area contributed by atoms with Crippen molar-refractivity contribution in [1.82, 2.24) is 10.3 Å². The van der Waals surface area contributed by atoms with Crippen molar-refractivity contribution in [3.05, 3.63) is 22.5 Å². The number of hydrogen-bond donors (Lipinski definition) is 3. The van der Waals surface area contributed by atoms with Crippen LogP contribution in [0.1, 0.15) is 64.7 Å². The molecule has 0 saturated heterocycles. The molecule has 0 bridgehead atoms. The Morgan fingerprint density at radius 2 is 2.00 bits per heavy atom. The van der Waals surface area contributed by atoms with Crippen molar-refractivity contribution >= 4 is 11.9 Å². The average molecular weight is 278 g/mol. The Labute approximate surface area is 118 Å². The van der Waals surface area contributed by atoms with Crippen LogP contribution < -0.4 is 5.32 Å². The summed E-state index contributed by atoms with van der Waals surface area (Å²) in [7, 11) is 0. The quantitative estimate of drug-likeness (QED) is 0.795. The molecule has 2 rings (SSSR count). The maximum atomic E-state index is 12.4. The van der Waals surface area contributed by atoms with Crippen molar-refractivity contribution < 1.29 is 14.7 Å². The first-order valence-electron chi connectivity index (χ1n) is 7.13. The van der Waals surface area contributed by atoms with E-state index in [1.54, 1.807) is 13.8 Å². The van der Waals surface area contributed by atoms with Crippen LogP contribution in [0, 0.1) is 19.8 Å². The summed E-state index contributed by atoms with van der Waals surface area (Å²) in [5, 5.41) is 12.1. The molecule has 1 saturated carbocycles. The molecule has 0 aromatic carbocycles. The van der Waals surface area contributed by atoms with Gasteiger partial charge in [0.2, 0.25) is 0 Å². The highest BCUT2D eigenvalue weighted by atomic mass is 16.4. The highest BCUT2D eigenvalue weighted by molar-refractivity contribution is 6.00. The molecule has 2 atom stereocenters. The Kier molecular flexibility index (Phi) is 4.16. The minimum Gasteiger partial charge on any atom is -0.477 e. The van der Waals surface area contributed by atoms with Crippen LogP contribution in [0.15, 0.2) is 0 Å². The second-order valence-corrected chi connectivity index (χ2v) is 5.87. The lowest BCUT2D eigenvalue weighted by Gasteiger charge is -2.27. The Bertz CT molecular complexity index is 533. The van der Waals surface area contributed by atoms with Crippen molar-refractivity contribution in [2.75, 3.05) is 0 Å². The summed E-state index contributed by atoms with van der Waals surface area (Å²) >= 11 is 0. The van der Waals surface area contributed by atoms with E-state index in [-0.39, 0.29) is 17.6 Å². The van der Waals surface area contributed by atoms with E-state index in [0.29, 0.717) is 22.7 Å². The number of carbonyl (C=O) groups is 2. The summed E-state index contributed by atoms with van der Waals surface area (Å²) < 4.78 is 0. The average Bonchev–Trinajstić information content (AvgIpc) is 2.65. The van der Waals surface area contributed by atoms with E-state index in [4.69, 9.17) is 5.11 Å². The fraction of sp³-hybridized carbons (Fsp3) is 0.600. The number of amides is 1. The number of aromatic amines is 1. The monoisotopic (exact) mass is 278 g/mol. The second kappa shape index (κ2) is 5.69. The van der Waals surface area contributed by atoms with Gasteiger partial charge in [-0.05, 0) is 38.2 Å². The predicted molar refractivity (Wildman–Crippen MR) is 76.1 cm³/mol. The molecule has 1 heterocycles. The Hall–Kier alpha value is -1.78. The molecule has 3 N–H and O–H groups in total. The molecule has 1 aromatic rings. The van der Waals surface area contributed by atoms with Gasteiger partial charge in [0.1, 0.15) is 5.69 Å². The van der Waals surface area contributed by atoms with Crippen molar-refractivity contribution in [1.29, 1.82) is 0 Å². The molecule has 20 heavy (non-hydrogen) atoms. The molecule has 2 unspecified atom stereocenters. The van der Waals surface area contributed by atoms with Crippen molar-refractivity contribution in [2.24, 2.45) is 5.92 Å². The number of hydrogen-bond acceptors (Lipinski definition) is 2. The summed E-state index contributed by atoms with van der Waals surface area (Å²) in [6.07, 6.45) is 4.36. The number of aromatic carboxylic acids is 1. The van der Waals surface area contributed by atoms with Gasteiger partial charge < -0.3 is 15.4 Å². The molecular formula is C15H22N2O3. The second-order valence-electron chi connectivity index (χ2n) is 5.87. The lowest BCUT2D eigenvalue weighted by Crippen LogP contribution is -2.38. The van der Waals surface area contributed by atoms with Gasteiger partial charge in [0, 0.05) is 11.7 Å². The molecule has 110 valence electrons. The molecule has 1 aliphatic carbocycles. The van der Waals surface area contributed by atoms with Crippen LogP contribution in [0.2, 0.25) is 0 Å². The lowest BCUT2D eigenvalue weighted by atomic mass is 9.87. The van der Waals surface area contributed by atoms with Gasteiger partial charge >= 0.3 is 5.97 Å². The molecule has 0 aliphatic heterocycles. The Morgan fingerprint density at radius 1 is 1.30 bits per heavy atom. The summed E-state index contributed by atoms with van der Waals surface area (Å²) in [6.45, 7) is 5.61. The van der Waals surface area contributed by atoms with E-state index in [0.717, 1.165) is 19.3 Å². The van der Waals surface area contributed by atoms with Crippen LogP contribution in [0.25, 0.3) is 0 Å². The third-order valence-corrected chi connectivity index (χ3v) is 4.15. The number of rotatable bonds is 3. The minimum absolute atomic E-state index is 0.102. The SMILES string of the molecule is Cc1[nH]c(C(=O)O)c(C)c1C(=O)NC1CCCC(C)C1. The van der Waals surface area contributed by atoms with Crippen LogP contribution in [0.3, 0.4) is 0 Å². The lowest BCUT2D eigenvalue weighted by molar-refractivity contribution is 0.0690. The van der Waals surface area contributed by atoms with E-state index in [2.05, 4.69) is 17.2 Å². The number of nitrogens with one attached hydrogen (secondary N) is 2. The third-order valence-electron chi connectivity index (χ3n) is 4.15. The molecular weight excluding hydrogens is 256 g/mol. The fourth-order valence-electron chi connectivity index (χ4n) is 3.13. The predicted octanol–water partition coefficient (Wildman–Crippen LogP) is 2.64. The zero-order chi connectivity index (χ0) is 14.9. The maximum Gasteiger partial charge on any atom is 0.352 e. The van der Waals surface area contributed by atoms with Gasteiger partial charge in [0.05, 0.1) is 5.56 Å². The van der Waals surface area contributed by atoms with E-state index in [1.165, 1.54) is 6.42 Å². The molecule has 0 spiro atoms. The number of carbonyl (C=O) groups excluding carboxylic acids is 1. The topological polar surface area (TPSA) is 82.2 Å².